The van der Waals surface area contributed by atoms with Gasteiger partial charge in [-0.1, -0.05) is 26.0 Å². The van der Waals surface area contributed by atoms with Gasteiger partial charge in [-0.15, -0.1) is 0 Å². The van der Waals surface area contributed by atoms with Crippen molar-refractivity contribution in [3.8, 4) is 5.75 Å². The van der Waals surface area contributed by atoms with Crippen molar-refractivity contribution in [2.75, 3.05) is 5.75 Å². The van der Waals surface area contributed by atoms with Crippen molar-refractivity contribution in [1.82, 2.24) is 16.0 Å². The highest BCUT2D eigenvalue weighted by atomic mass is 32.1. The SMILES string of the molecule is CC(C)C(NC(=O)C(N)Cc1ccc(O)cc1)C(=O)NC(CC(N)=O)C(=O)NC(CS)C(=O)O. The molecule has 13 heteroatoms. The number of carboxylic acids is 1. The van der Waals surface area contributed by atoms with Crippen LogP contribution in [0.5, 0.6) is 5.75 Å². The number of phenolic OH excluding ortho intramolecular Hbond substituents is 1. The number of thiol groups is 1. The van der Waals surface area contributed by atoms with E-state index < -0.39 is 66.1 Å². The van der Waals surface area contributed by atoms with Crippen LogP contribution in [0.25, 0.3) is 0 Å². The Bertz CT molecular complexity index is 894. The second-order valence-electron chi connectivity index (χ2n) is 8.02. The predicted molar refractivity (Wildman–Crippen MR) is 126 cm³/mol. The number of hydrogen-bond acceptors (Lipinski definition) is 8. The Kier molecular flexibility index (Phi) is 11.3. The number of nitrogens with two attached hydrogens (primary N) is 2. The van der Waals surface area contributed by atoms with Gasteiger partial charge in [-0.3, -0.25) is 19.2 Å². The molecule has 4 amide bonds. The minimum absolute atomic E-state index is 0.0666. The zero-order chi connectivity index (χ0) is 26.0. The average molecular weight is 498 g/mol. The van der Waals surface area contributed by atoms with Gasteiger partial charge in [0.15, 0.2) is 0 Å². The molecule has 0 aromatic heterocycles. The summed E-state index contributed by atoms with van der Waals surface area (Å²) in [4.78, 5) is 60.5. The predicted octanol–water partition coefficient (Wildman–Crippen LogP) is -1.74. The van der Waals surface area contributed by atoms with Crippen LogP contribution in [0.4, 0.5) is 0 Å². The number of amides is 4. The summed E-state index contributed by atoms with van der Waals surface area (Å²) in [5.74, 6) is -5.17. The van der Waals surface area contributed by atoms with Gasteiger partial charge in [0, 0.05) is 5.75 Å². The molecule has 12 nitrogen and oxygen atoms in total. The summed E-state index contributed by atoms with van der Waals surface area (Å²) < 4.78 is 0. The van der Waals surface area contributed by atoms with Crippen molar-refractivity contribution in [1.29, 1.82) is 0 Å². The van der Waals surface area contributed by atoms with Crippen LogP contribution < -0.4 is 27.4 Å². The number of nitrogens with one attached hydrogen (secondary N) is 3. The normalized spacial score (nSPS) is 14.4. The van der Waals surface area contributed by atoms with Crippen LogP contribution >= 0.6 is 12.6 Å². The fourth-order valence-corrected chi connectivity index (χ4v) is 3.15. The molecule has 0 spiro atoms. The summed E-state index contributed by atoms with van der Waals surface area (Å²) in [6, 6.07) is 1.21. The first-order valence-electron chi connectivity index (χ1n) is 10.4. The highest BCUT2D eigenvalue weighted by Gasteiger charge is 2.32. The Morgan fingerprint density at radius 3 is 1.97 bits per heavy atom. The number of hydrogen-bond donors (Lipinski definition) is 8. The number of aromatic hydroxyl groups is 1. The third-order valence-electron chi connectivity index (χ3n) is 4.81. The topological polar surface area (TPSA) is 214 Å². The molecule has 0 aliphatic rings. The van der Waals surface area contributed by atoms with E-state index in [4.69, 9.17) is 16.6 Å². The summed E-state index contributed by atoms with van der Waals surface area (Å²) in [6.45, 7) is 3.31. The first kappa shape index (κ1) is 28.7. The Balaban J connectivity index is 2.90. The van der Waals surface area contributed by atoms with Crippen molar-refractivity contribution in [3.63, 3.8) is 0 Å². The molecule has 4 atom stereocenters. The molecule has 4 unspecified atom stereocenters. The van der Waals surface area contributed by atoms with Gasteiger partial charge in [0.2, 0.25) is 23.6 Å². The van der Waals surface area contributed by atoms with Gasteiger partial charge in [-0.25, -0.2) is 4.79 Å². The van der Waals surface area contributed by atoms with Crippen molar-refractivity contribution in [2.24, 2.45) is 17.4 Å². The molecule has 0 aliphatic heterocycles. The first-order valence-corrected chi connectivity index (χ1v) is 11.1. The molecule has 34 heavy (non-hydrogen) atoms. The maximum absolute atomic E-state index is 12.9. The van der Waals surface area contributed by atoms with Crippen molar-refractivity contribution in [3.05, 3.63) is 29.8 Å². The Labute approximate surface area is 202 Å². The fraction of sp³-hybridized carbons (Fsp3) is 0.476. The van der Waals surface area contributed by atoms with E-state index in [2.05, 4.69) is 28.6 Å². The second kappa shape index (κ2) is 13.4. The van der Waals surface area contributed by atoms with Gasteiger partial charge >= 0.3 is 5.97 Å². The summed E-state index contributed by atoms with van der Waals surface area (Å²) in [7, 11) is 0. The zero-order valence-corrected chi connectivity index (χ0v) is 19.7. The number of aliphatic carboxylic acids is 1. The molecule has 0 fully saturated rings. The standard InChI is InChI=1S/C21H31N5O7S/c1-10(2)17(26-18(29)13(22)7-11-3-5-12(27)6-4-11)20(31)24-14(8-16(23)28)19(30)25-15(9-34)21(32)33/h3-6,10,13-15,17,27,34H,7-9,22H2,1-2H3,(H2,23,28)(H,24,31)(H,25,30)(H,26,29)(H,32,33). The van der Waals surface area contributed by atoms with Gasteiger partial charge in [-0.05, 0) is 30.0 Å². The van der Waals surface area contributed by atoms with E-state index >= 15 is 0 Å². The molecule has 1 aromatic carbocycles. The molecule has 1 aromatic rings. The minimum Gasteiger partial charge on any atom is -0.508 e. The molecule has 188 valence electrons. The highest BCUT2D eigenvalue weighted by molar-refractivity contribution is 7.80. The Morgan fingerprint density at radius 2 is 1.50 bits per heavy atom. The lowest BCUT2D eigenvalue weighted by Crippen LogP contribution is -2.59. The molecule has 0 bridgehead atoms. The quantitative estimate of drug-likeness (QED) is 0.146. The number of rotatable bonds is 13. The molecule has 9 N–H and O–H groups in total. The van der Waals surface area contributed by atoms with E-state index in [9.17, 15) is 29.1 Å². The molecule has 1 rings (SSSR count). The van der Waals surface area contributed by atoms with Crippen LogP contribution in [0.3, 0.4) is 0 Å². The van der Waals surface area contributed by atoms with E-state index in [1.54, 1.807) is 26.0 Å². The summed E-state index contributed by atoms with van der Waals surface area (Å²) in [5.41, 5.74) is 11.8. The minimum atomic E-state index is -1.46. The monoisotopic (exact) mass is 497 g/mol. The van der Waals surface area contributed by atoms with Gasteiger partial charge in [-0.2, -0.15) is 12.6 Å². The lowest BCUT2D eigenvalue weighted by atomic mass is 10.0. The summed E-state index contributed by atoms with van der Waals surface area (Å²) in [6.07, 6.45) is -0.443. The van der Waals surface area contributed by atoms with Gasteiger partial charge in [0.25, 0.3) is 0 Å². The molecule has 0 saturated heterocycles. The van der Waals surface area contributed by atoms with E-state index in [1.165, 1.54) is 12.1 Å². The molecular formula is C21H31N5O7S. The third kappa shape index (κ3) is 9.27. The van der Waals surface area contributed by atoms with Crippen LogP contribution in [-0.4, -0.2) is 69.7 Å². The van der Waals surface area contributed by atoms with Crippen LogP contribution in [0.15, 0.2) is 24.3 Å². The van der Waals surface area contributed by atoms with Crippen LogP contribution in [-0.2, 0) is 30.4 Å². The lowest BCUT2D eigenvalue weighted by molar-refractivity contribution is -0.141. The van der Waals surface area contributed by atoms with Gasteiger partial charge < -0.3 is 37.6 Å². The lowest BCUT2D eigenvalue weighted by Gasteiger charge is -2.26. The maximum atomic E-state index is 12.9. The average Bonchev–Trinajstić information content (AvgIpc) is 2.75. The largest absolute Gasteiger partial charge is 0.508 e. The van der Waals surface area contributed by atoms with E-state index in [0.717, 1.165) is 0 Å². The number of carbonyl (C=O) groups is 5. The molecule has 0 aliphatic carbocycles. The third-order valence-corrected chi connectivity index (χ3v) is 5.18. The molecule has 0 heterocycles. The maximum Gasteiger partial charge on any atom is 0.327 e. The Morgan fingerprint density at radius 1 is 0.941 bits per heavy atom. The molecular weight excluding hydrogens is 466 g/mol. The number of benzene rings is 1. The van der Waals surface area contributed by atoms with E-state index in [-0.39, 0.29) is 17.9 Å². The van der Waals surface area contributed by atoms with Crippen LogP contribution in [0.1, 0.15) is 25.8 Å². The van der Waals surface area contributed by atoms with E-state index in [1.807, 2.05) is 0 Å². The van der Waals surface area contributed by atoms with Crippen molar-refractivity contribution >= 4 is 42.2 Å². The summed E-state index contributed by atoms with van der Waals surface area (Å²) in [5, 5.41) is 25.5. The highest BCUT2D eigenvalue weighted by Crippen LogP contribution is 2.11. The number of carboxylic acid groups (broad SMARTS) is 1. The molecule has 0 radical (unpaired) electrons. The summed E-state index contributed by atoms with van der Waals surface area (Å²) >= 11 is 3.85. The van der Waals surface area contributed by atoms with Crippen LogP contribution in [0.2, 0.25) is 0 Å². The zero-order valence-electron chi connectivity index (χ0n) is 18.9. The number of carbonyl (C=O) groups excluding carboxylic acids is 4. The number of phenols is 1. The van der Waals surface area contributed by atoms with Gasteiger partial charge in [0.1, 0.15) is 23.9 Å². The number of primary amides is 1. The first-order chi connectivity index (χ1) is 15.8. The van der Waals surface area contributed by atoms with Crippen LogP contribution in [0, 0.1) is 5.92 Å². The fourth-order valence-electron chi connectivity index (χ4n) is 2.90. The van der Waals surface area contributed by atoms with E-state index in [0.29, 0.717) is 5.56 Å². The van der Waals surface area contributed by atoms with Gasteiger partial charge in [0.05, 0.1) is 12.5 Å². The van der Waals surface area contributed by atoms with Crippen molar-refractivity contribution < 1.29 is 34.2 Å². The van der Waals surface area contributed by atoms with Crippen molar-refractivity contribution in [2.45, 2.75) is 50.9 Å². The smallest absolute Gasteiger partial charge is 0.327 e. The second-order valence-corrected chi connectivity index (χ2v) is 8.39. The molecule has 0 saturated carbocycles. The Hall–Kier alpha value is -3.32.